The Bertz CT molecular complexity index is 358. The van der Waals surface area contributed by atoms with Crippen molar-refractivity contribution in [3.8, 4) is 6.07 Å². The molecule has 0 unspecified atom stereocenters. The van der Waals surface area contributed by atoms with Gasteiger partial charge in [0.05, 0.1) is 12.0 Å². The molecule has 0 aromatic carbocycles. The van der Waals surface area contributed by atoms with Crippen LogP contribution in [0.3, 0.4) is 0 Å². The molecular weight excluding hydrogens is 182 g/mol. The van der Waals surface area contributed by atoms with Crippen molar-refractivity contribution in [2.24, 2.45) is 29.1 Å². The van der Waals surface area contributed by atoms with Crippen molar-refractivity contribution in [1.82, 2.24) is 0 Å². The number of hydrogen-bond donors (Lipinski definition) is 0. The predicted octanol–water partition coefficient (Wildman–Crippen LogP) is 3.53. The van der Waals surface area contributed by atoms with E-state index in [1.165, 1.54) is 12.8 Å². The zero-order valence-electron chi connectivity index (χ0n) is 9.66. The van der Waals surface area contributed by atoms with Crippen LogP contribution in [0.4, 0.5) is 0 Å². The van der Waals surface area contributed by atoms with Gasteiger partial charge >= 0.3 is 0 Å². The van der Waals surface area contributed by atoms with Crippen LogP contribution < -0.4 is 0 Å². The number of nitriles is 1. The van der Waals surface area contributed by atoms with Crippen molar-refractivity contribution in [3.63, 3.8) is 0 Å². The van der Waals surface area contributed by atoms with Crippen LogP contribution in [0.25, 0.3) is 0 Å². The van der Waals surface area contributed by atoms with Gasteiger partial charge in [0, 0.05) is 0 Å². The highest BCUT2D eigenvalue weighted by Crippen LogP contribution is 2.64. The minimum absolute atomic E-state index is 0.325. The second kappa shape index (κ2) is 2.88. The van der Waals surface area contributed by atoms with E-state index in [2.05, 4.69) is 26.0 Å². The third-order valence-corrected chi connectivity index (χ3v) is 5.35. The standard InChI is InChI=1S/C14H19N/c1-14(2)10-6-12-9(8-15)4-3-5-11(12)13(14)7-10/h5,9-10,12-13H,3-4,6-7H2,1-2H3/t9-,10-,12+,13-/m0/s1. The van der Waals surface area contributed by atoms with Crippen LogP contribution in [0, 0.1) is 40.4 Å². The van der Waals surface area contributed by atoms with Gasteiger partial charge in [0.2, 0.25) is 0 Å². The second-order valence-corrected chi connectivity index (χ2v) is 6.17. The fourth-order valence-electron chi connectivity index (χ4n) is 4.16. The molecular formula is C14H19N. The topological polar surface area (TPSA) is 23.8 Å². The molecule has 0 aromatic heterocycles. The number of allylic oxidation sites excluding steroid dienone is 2. The molecule has 0 amide bonds. The average molecular weight is 201 g/mol. The summed E-state index contributed by atoms with van der Waals surface area (Å²) in [5.74, 6) is 2.64. The Labute approximate surface area is 92.2 Å². The van der Waals surface area contributed by atoms with Crippen LogP contribution in [0.15, 0.2) is 11.6 Å². The van der Waals surface area contributed by atoms with E-state index in [4.69, 9.17) is 0 Å². The third kappa shape index (κ3) is 1.08. The molecule has 4 rings (SSSR count). The highest BCUT2D eigenvalue weighted by molar-refractivity contribution is 5.28. The van der Waals surface area contributed by atoms with Gasteiger partial charge in [-0.05, 0) is 48.9 Å². The summed E-state index contributed by atoms with van der Waals surface area (Å²) < 4.78 is 0. The maximum absolute atomic E-state index is 9.18. The molecule has 80 valence electrons. The maximum atomic E-state index is 9.18. The van der Waals surface area contributed by atoms with E-state index in [1.807, 2.05) is 0 Å². The van der Waals surface area contributed by atoms with Crippen molar-refractivity contribution in [1.29, 1.82) is 5.26 Å². The normalized spacial score (nSPS) is 45.8. The molecule has 0 aliphatic heterocycles. The highest BCUT2D eigenvalue weighted by atomic mass is 14.6. The first-order valence-electron chi connectivity index (χ1n) is 6.24. The molecule has 0 radical (unpaired) electrons. The summed E-state index contributed by atoms with van der Waals surface area (Å²) in [6.45, 7) is 4.83. The van der Waals surface area contributed by atoms with E-state index >= 15 is 0 Å². The van der Waals surface area contributed by atoms with Gasteiger partial charge in [-0.25, -0.2) is 0 Å². The van der Waals surface area contributed by atoms with E-state index in [0.29, 0.717) is 17.3 Å². The zero-order valence-corrected chi connectivity index (χ0v) is 9.66. The number of rotatable bonds is 0. The summed E-state index contributed by atoms with van der Waals surface area (Å²) in [5.41, 5.74) is 2.18. The molecule has 2 bridgehead atoms. The van der Waals surface area contributed by atoms with E-state index in [0.717, 1.165) is 24.7 Å². The summed E-state index contributed by atoms with van der Waals surface area (Å²) in [5, 5.41) is 9.18. The lowest BCUT2D eigenvalue weighted by atomic mass is 9.43. The SMILES string of the molecule is CC1(C)[C@H]2C[C@H]3C(=CCC[C@H]3C#N)[C@@H]1C2. The largest absolute Gasteiger partial charge is 0.198 e. The lowest BCUT2D eigenvalue weighted by Gasteiger charge is -2.61. The van der Waals surface area contributed by atoms with Crippen molar-refractivity contribution in [2.75, 3.05) is 0 Å². The Morgan fingerprint density at radius 2 is 2.20 bits per heavy atom. The molecule has 0 heterocycles. The molecule has 4 aliphatic carbocycles. The van der Waals surface area contributed by atoms with Crippen molar-refractivity contribution >= 4 is 0 Å². The number of hydrogen-bond acceptors (Lipinski definition) is 1. The molecule has 3 fully saturated rings. The van der Waals surface area contributed by atoms with Crippen LogP contribution >= 0.6 is 0 Å². The Morgan fingerprint density at radius 3 is 2.87 bits per heavy atom. The minimum atomic E-state index is 0.325. The fourth-order valence-corrected chi connectivity index (χ4v) is 4.16. The quantitative estimate of drug-likeness (QED) is 0.550. The molecule has 4 aliphatic rings. The fraction of sp³-hybridized carbons (Fsp3) is 0.786. The lowest BCUT2D eigenvalue weighted by molar-refractivity contribution is -0.0560. The summed E-state index contributed by atoms with van der Waals surface area (Å²) >= 11 is 0. The number of nitrogens with zero attached hydrogens (tertiary/aromatic N) is 1. The van der Waals surface area contributed by atoms with Gasteiger partial charge < -0.3 is 0 Å². The average Bonchev–Trinajstić information content (AvgIpc) is 2.27. The lowest BCUT2D eigenvalue weighted by Crippen LogP contribution is -2.53. The highest BCUT2D eigenvalue weighted by Gasteiger charge is 2.56. The molecule has 0 N–H and O–H groups in total. The molecule has 3 saturated carbocycles. The van der Waals surface area contributed by atoms with Gasteiger partial charge in [-0.3, -0.25) is 0 Å². The molecule has 4 atom stereocenters. The molecule has 1 heteroatoms. The smallest absolute Gasteiger partial charge is 0.0662 e. The van der Waals surface area contributed by atoms with E-state index in [1.54, 1.807) is 5.57 Å². The van der Waals surface area contributed by atoms with Gasteiger partial charge in [-0.1, -0.05) is 25.5 Å². The predicted molar refractivity (Wildman–Crippen MR) is 59.9 cm³/mol. The summed E-state index contributed by atoms with van der Waals surface area (Å²) in [6, 6.07) is 2.53. The zero-order chi connectivity index (χ0) is 10.6. The molecule has 0 aromatic rings. The molecule has 0 saturated heterocycles. The van der Waals surface area contributed by atoms with Gasteiger partial charge in [-0.2, -0.15) is 5.26 Å². The van der Waals surface area contributed by atoms with Crippen LogP contribution in [0.1, 0.15) is 39.5 Å². The Balaban J connectivity index is 1.94. The van der Waals surface area contributed by atoms with Gasteiger partial charge in [0.25, 0.3) is 0 Å². The molecule has 1 nitrogen and oxygen atoms in total. The van der Waals surface area contributed by atoms with Crippen molar-refractivity contribution in [3.05, 3.63) is 11.6 Å². The molecule has 15 heavy (non-hydrogen) atoms. The first kappa shape index (κ1) is 9.46. The maximum Gasteiger partial charge on any atom is 0.0662 e. The van der Waals surface area contributed by atoms with Crippen molar-refractivity contribution < 1.29 is 0 Å². The monoisotopic (exact) mass is 201 g/mol. The first-order chi connectivity index (χ1) is 7.14. The van der Waals surface area contributed by atoms with Crippen LogP contribution in [0.5, 0.6) is 0 Å². The Kier molecular flexibility index (Phi) is 1.81. The van der Waals surface area contributed by atoms with Crippen LogP contribution in [0.2, 0.25) is 0 Å². The Morgan fingerprint density at radius 1 is 1.40 bits per heavy atom. The van der Waals surface area contributed by atoms with Crippen LogP contribution in [-0.2, 0) is 0 Å². The van der Waals surface area contributed by atoms with Crippen LogP contribution in [-0.4, -0.2) is 0 Å². The van der Waals surface area contributed by atoms with Crippen molar-refractivity contribution in [2.45, 2.75) is 39.5 Å². The van der Waals surface area contributed by atoms with Gasteiger partial charge in [0.15, 0.2) is 0 Å². The second-order valence-electron chi connectivity index (χ2n) is 6.17. The minimum Gasteiger partial charge on any atom is -0.198 e. The summed E-state index contributed by atoms with van der Waals surface area (Å²) in [6.07, 6.45) is 7.38. The van der Waals surface area contributed by atoms with E-state index in [9.17, 15) is 5.26 Å². The van der Waals surface area contributed by atoms with Gasteiger partial charge in [-0.15, -0.1) is 0 Å². The third-order valence-electron chi connectivity index (χ3n) is 5.35. The van der Waals surface area contributed by atoms with E-state index in [-0.39, 0.29) is 0 Å². The molecule has 0 spiro atoms. The Hall–Kier alpha value is -0.770. The van der Waals surface area contributed by atoms with E-state index < -0.39 is 0 Å². The summed E-state index contributed by atoms with van der Waals surface area (Å²) in [7, 11) is 0. The first-order valence-corrected chi connectivity index (χ1v) is 6.24. The summed E-state index contributed by atoms with van der Waals surface area (Å²) in [4.78, 5) is 0. The van der Waals surface area contributed by atoms with Gasteiger partial charge in [0.1, 0.15) is 0 Å².